The lowest BCUT2D eigenvalue weighted by Gasteiger charge is -2.11. The summed E-state index contributed by atoms with van der Waals surface area (Å²) in [4.78, 5) is 12.0. The standard InChI is InChI=1S/C16H22N2O3/c19-16(5-2-12-6-7-17-11-12)18-13-3-4-14-15(10-13)21-9-1-8-20-14/h3-4,10,12,17H,1-2,5-9,11H2,(H,18,19). The Morgan fingerprint density at radius 2 is 2.14 bits per heavy atom. The van der Waals surface area contributed by atoms with Crippen LogP contribution < -0.4 is 20.1 Å². The van der Waals surface area contributed by atoms with E-state index in [1.54, 1.807) is 0 Å². The average molecular weight is 290 g/mol. The third kappa shape index (κ3) is 3.88. The van der Waals surface area contributed by atoms with Gasteiger partial charge in [0.05, 0.1) is 13.2 Å². The summed E-state index contributed by atoms with van der Waals surface area (Å²) in [6, 6.07) is 5.56. The lowest BCUT2D eigenvalue weighted by Crippen LogP contribution is -2.15. The van der Waals surface area contributed by atoms with Crippen LogP contribution in [0.15, 0.2) is 18.2 Å². The summed E-state index contributed by atoms with van der Waals surface area (Å²) in [5.74, 6) is 2.17. The molecule has 114 valence electrons. The molecule has 1 amide bonds. The van der Waals surface area contributed by atoms with Crippen molar-refractivity contribution in [3.8, 4) is 11.5 Å². The molecule has 0 aromatic heterocycles. The molecule has 1 fully saturated rings. The topological polar surface area (TPSA) is 59.6 Å². The van der Waals surface area contributed by atoms with Crippen molar-refractivity contribution in [2.24, 2.45) is 5.92 Å². The van der Waals surface area contributed by atoms with Crippen molar-refractivity contribution in [1.29, 1.82) is 0 Å². The molecule has 2 aliphatic heterocycles. The molecule has 2 heterocycles. The molecule has 0 aliphatic carbocycles. The molecule has 1 unspecified atom stereocenters. The van der Waals surface area contributed by atoms with Gasteiger partial charge in [-0.2, -0.15) is 0 Å². The summed E-state index contributed by atoms with van der Waals surface area (Å²) in [7, 11) is 0. The van der Waals surface area contributed by atoms with Gasteiger partial charge >= 0.3 is 0 Å². The fourth-order valence-electron chi connectivity index (χ4n) is 2.76. The molecule has 21 heavy (non-hydrogen) atoms. The Morgan fingerprint density at radius 1 is 1.29 bits per heavy atom. The van der Waals surface area contributed by atoms with Gasteiger partial charge in [-0.05, 0) is 44.0 Å². The quantitative estimate of drug-likeness (QED) is 0.892. The fourth-order valence-corrected chi connectivity index (χ4v) is 2.76. The zero-order valence-electron chi connectivity index (χ0n) is 12.2. The van der Waals surface area contributed by atoms with Crippen LogP contribution in [-0.2, 0) is 4.79 Å². The van der Waals surface area contributed by atoms with Gasteiger partial charge in [-0.15, -0.1) is 0 Å². The number of anilines is 1. The number of benzene rings is 1. The van der Waals surface area contributed by atoms with E-state index in [2.05, 4.69) is 10.6 Å². The van der Waals surface area contributed by atoms with E-state index < -0.39 is 0 Å². The monoisotopic (exact) mass is 290 g/mol. The zero-order valence-corrected chi connectivity index (χ0v) is 12.2. The minimum absolute atomic E-state index is 0.0661. The maximum atomic E-state index is 12.0. The first-order chi connectivity index (χ1) is 10.3. The maximum Gasteiger partial charge on any atom is 0.224 e. The lowest BCUT2D eigenvalue weighted by atomic mass is 10.0. The Morgan fingerprint density at radius 3 is 2.95 bits per heavy atom. The number of hydrogen-bond donors (Lipinski definition) is 2. The van der Waals surface area contributed by atoms with Crippen molar-refractivity contribution in [1.82, 2.24) is 5.32 Å². The van der Waals surface area contributed by atoms with E-state index >= 15 is 0 Å². The van der Waals surface area contributed by atoms with E-state index in [0.29, 0.717) is 31.3 Å². The predicted molar refractivity (Wildman–Crippen MR) is 80.9 cm³/mol. The van der Waals surface area contributed by atoms with Gasteiger partial charge in [0, 0.05) is 24.6 Å². The number of carbonyl (C=O) groups is 1. The summed E-state index contributed by atoms with van der Waals surface area (Å²) >= 11 is 0. The van der Waals surface area contributed by atoms with Crippen molar-refractivity contribution in [2.45, 2.75) is 25.7 Å². The van der Waals surface area contributed by atoms with Crippen LogP contribution in [0.4, 0.5) is 5.69 Å². The van der Waals surface area contributed by atoms with E-state index in [9.17, 15) is 4.79 Å². The van der Waals surface area contributed by atoms with Gasteiger partial charge in [0.15, 0.2) is 11.5 Å². The van der Waals surface area contributed by atoms with Crippen LogP contribution in [0.3, 0.4) is 0 Å². The van der Waals surface area contributed by atoms with E-state index in [1.807, 2.05) is 18.2 Å². The first-order valence-corrected chi connectivity index (χ1v) is 7.71. The zero-order chi connectivity index (χ0) is 14.5. The van der Waals surface area contributed by atoms with Crippen LogP contribution in [0.25, 0.3) is 0 Å². The Bertz CT molecular complexity index is 498. The van der Waals surface area contributed by atoms with Crippen molar-refractivity contribution in [3.63, 3.8) is 0 Å². The van der Waals surface area contributed by atoms with Crippen molar-refractivity contribution in [3.05, 3.63) is 18.2 Å². The second kappa shape index (κ2) is 6.80. The van der Waals surface area contributed by atoms with E-state index in [-0.39, 0.29) is 5.91 Å². The number of carbonyl (C=O) groups excluding carboxylic acids is 1. The van der Waals surface area contributed by atoms with Gasteiger partial charge in [-0.25, -0.2) is 0 Å². The van der Waals surface area contributed by atoms with Gasteiger partial charge in [0.25, 0.3) is 0 Å². The van der Waals surface area contributed by atoms with Crippen LogP contribution in [0.5, 0.6) is 11.5 Å². The SMILES string of the molecule is O=C(CCC1CCNC1)Nc1ccc2c(c1)OCCCO2. The highest BCUT2D eigenvalue weighted by Gasteiger charge is 2.16. The summed E-state index contributed by atoms with van der Waals surface area (Å²) in [5.41, 5.74) is 0.772. The third-order valence-electron chi connectivity index (χ3n) is 3.97. The first-order valence-electron chi connectivity index (χ1n) is 7.71. The van der Waals surface area contributed by atoms with Gasteiger partial charge in [0.2, 0.25) is 5.91 Å². The number of nitrogens with one attached hydrogen (secondary N) is 2. The van der Waals surface area contributed by atoms with Gasteiger partial charge in [0.1, 0.15) is 0 Å². The molecule has 1 saturated heterocycles. The summed E-state index contributed by atoms with van der Waals surface area (Å²) in [5, 5.41) is 6.27. The normalized spacial score (nSPS) is 20.9. The van der Waals surface area contributed by atoms with E-state index in [4.69, 9.17) is 9.47 Å². The Hall–Kier alpha value is -1.75. The van der Waals surface area contributed by atoms with Crippen LogP contribution in [0, 0.1) is 5.92 Å². The van der Waals surface area contributed by atoms with Crippen molar-refractivity contribution >= 4 is 11.6 Å². The van der Waals surface area contributed by atoms with Crippen LogP contribution >= 0.6 is 0 Å². The summed E-state index contributed by atoms with van der Waals surface area (Å²) in [6.45, 7) is 3.44. The molecule has 2 N–H and O–H groups in total. The maximum absolute atomic E-state index is 12.0. The Labute approximate surface area is 125 Å². The molecule has 0 saturated carbocycles. The molecule has 5 heteroatoms. The molecule has 1 aromatic carbocycles. The number of fused-ring (bicyclic) bond motifs is 1. The number of rotatable bonds is 4. The largest absolute Gasteiger partial charge is 0.490 e. The predicted octanol–water partition coefficient (Wildman–Crippen LogP) is 2.18. The highest BCUT2D eigenvalue weighted by Crippen LogP contribution is 2.32. The second-order valence-electron chi connectivity index (χ2n) is 5.66. The van der Waals surface area contributed by atoms with Gasteiger partial charge in [-0.3, -0.25) is 4.79 Å². The fraction of sp³-hybridized carbons (Fsp3) is 0.562. The lowest BCUT2D eigenvalue weighted by molar-refractivity contribution is -0.116. The minimum Gasteiger partial charge on any atom is -0.490 e. The van der Waals surface area contributed by atoms with Crippen molar-refractivity contribution in [2.75, 3.05) is 31.6 Å². The molecule has 1 atom stereocenters. The summed E-state index contributed by atoms with van der Waals surface area (Å²) in [6.07, 6.45) is 3.58. The van der Waals surface area contributed by atoms with Gasteiger partial charge < -0.3 is 20.1 Å². The molecule has 0 spiro atoms. The number of ether oxygens (including phenoxy) is 2. The number of hydrogen-bond acceptors (Lipinski definition) is 4. The van der Waals surface area contributed by atoms with Crippen molar-refractivity contribution < 1.29 is 14.3 Å². The minimum atomic E-state index is 0.0661. The Balaban J connectivity index is 1.54. The molecule has 0 bridgehead atoms. The molecular weight excluding hydrogens is 268 g/mol. The molecule has 0 radical (unpaired) electrons. The molecule has 5 nitrogen and oxygen atoms in total. The smallest absolute Gasteiger partial charge is 0.224 e. The molecule has 3 rings (SSSR count). The third-order valence-corrected chi connectivity index (χ3v) is 3.97. The van der Waals surface area contributed by atoms with Gasteiger partial charge in [-0.1, -0.05) is 0 Å². The molecular formula is C16H22N2O3. The number of amides is 1. The highest BCUT2D eigenvalue weighted by molar-refractivity contribution is 5.91. The Kier molecular flexibility index (Phi) is 4.60. The van der Waals surface area contributed by atoms with E-state index in [0.717, 1.165) is 37.4 Å². The second-order valence-corrected chi connectivity index (χ2v) is 5.66. The van der Waals surface area contributed by atoms with E-state index in [1.165, 1.54) is 6.42 Å². The highest BCUT2D eigenvalue weighted by atomic mass is 16.5. The van der Waals surface area contributed by atoms with Crippen LogP contribution in [0.2, 0.25) is 0 Å². The average Bonchev–Trinajstić information content (AvgIpc) is 2.90. The first kappa shape index (κ1) is 14.2. The molecule has 1 aromatic rings. The van der Waals surface area contributed by atoms with Crippen LogP contribution in [0.1, 0.15) is 25.7 Å². The van der Waals surface area contributed by atoms with Crippen LogP contribution in [-0.4, -0.2) is 32.2 Å². The molecule has 2 aliphatic rings. The summed E-state index contributed by atoms with van der Waals surface area (Å²) < 4.78 is 11.2.